The van der Waals surface area contributed by atoms with E-state index in [1.165, 1.54) is 31.2 Å². The monoisotopic (exact) mass is 314 g/mol. The zero-order valence-electron chi connectivity index (χ0n) is 11.1. The van der Waals surface area contributed by atoms with Crippen molar-refractivity contribution in [3.05, 3.63) is 41.8 Å². The Balaban J connectivity index is 2.06. The molecule has 0 bridgehead atoms. The number of esters is 1. The van der Waals surface area contributed by atoms with Crippen molar-refractivity contribution >= 4 is 17.9 Å². The van der Waals surface area contributed by atoms with Gasteiger partial charge in [-0.05, 0) is 24.3 Å². The molecule has 1 amide bonds. The quantitative estimate of drug-likeness (QED) is 0.696. The highest BCUT2D eigenvalue weighted by Crippen LogP contribution is 2.29. The third kappa shape index (κ3) is 3.84. The fourth-order valence-electron chi connectivity index (χ4n) is 1.47. The Morgan fingerprint density at radius 2 is 1.86 bits per heavy atom. The molecule has 1 N–H and O–H groups in total. The molecule has 0 fully saturated rings. The molecule has 2 aromatic rings. The summed E-state index contributed by atoms with van der Waals surface area (Å²) in [6, 6.07) is 4.84. The highest BCUT2D eigenvalue weighted by molar-refractivity contribution is 6.03. The van der Waals surface area contributed by atoms with Gasteiger partial charge in [0.05, 0.1) is 0 Å². The molecule has 0 saturated carbocycles. The average molecular weight is 314 g/mol. The second-order valence-corrected chi connectivity index (χ2v) is 4.11. The van der Waals surface area contributed by atoms with E-state index in [9.17, 15) is 22.8 Å². The summed E-state index contributed by atoms with van der Waals surface area (Å²) in [7, 11) is 0. The first kappa shape index (κ1) is 15.5. The Morgan fingerprint density at radius 1 is 1.23 bits per heavy atom. The molecule has 0 radical (unpaired) electrons. The lowest BCUT2D eigenvalue weighted by molar-refractivity contribution is -0.141. The first-order valence-corrected chi connectivity index (χ1v) is 5.88. The Kier molecular flexibility index (Phi) is 4.15. The van der Waals surface area contributed by atoms with Gasteiger partial charge in [-0.3, -0.25) is 14.9 Å². The number of halogens is 3. The standard InChI is InChI=1S/C13H9F3N2O4/c1-7(19)22-9-4-2-8(3-5-9)11(20)18-12-17-10(6-21-12)13(14,15)16/h2-6H,1H3,(H,17,18,20). The van der Waals surface area contributed by atoms with Gasteiger partial charge in [0.1, 0.15) is 12.0 Å². The lowest BCUT2D eigenvalue weighted by Crippen LogP contribution is -2.13. The molecule has 0 spiro atoms. The molecule has 116 valence electrons. The number of hydrogen-bond acceptors (Lipinski definition) is 5. The van der Waals surface area contributed by atoms with E-state index in [1.807, 2.05) is 0 Å². The third-order valence-electron chi connectivity index (χ3n) is 2.39. The number of nitrogens with zero attached hydrogens (tertiary/aromatic N) is 1. The largest absolute Gasteiger partial charge is 0.436 e. The summed E-state index contributed by atoms with van der Waals surface area (Å²) >= 11 is 0. The summed E-state index contributed by atoms with van der Waals surface area (Å²) in [4.78, 5) is 25.7. The average Bonchev–Trinajstić information content (AvgIpc) is 2.87. The van der Waals surface area contributed by atoms with Crippen LogP contribution in [-0.2, 0) is 11.0 Å². The second-order valence-electron chi connectivity index (χ2n) is 4.11. The number of benzene rings is 1. The van der Waals surface area contributed by atoms with Crippen LogP contribution in [0.3, 0.4) is 0 Å². The molecule has 1 heterocycles. The summed E-state index contributed by atoms with van der Waals surface area (Å²) in [6.07, 6.45) is -4.25. The number of nitrogens with one attached hydrogen (secondary N) is 1. The Morgan fingerprint density at radius 3 is 2.36 bits per heavy atom. The molecule has 9 heteroatoms. The minimum atomic E-state index is -4.65. The van der Waals surface area contributed by atoms with Crippen LogP contribution < -0.4 is 10.1 Å². The number of rotatable bonds is 3. The highest BCUT2D eigenvalue weighted by atomic mass is 19.4. The van der Waals surface area contributed by atoms with Crippen molar-refractivity contribution in [2.75, 3.05) is 5.32 Å². The zero-order chi connectivity index (χ0) is 16.3. The SMILES string of the molecule is CC(=O)Oc1ccc(C(=O)Nc2nc(C(F)(F)F)co2)cc1. The van der Waals surface area contributed by atoms with Gasteiger partial charge in [-0.1, -0.05) is 0 Å². The number of hydrogen-bond donors (Lipinski definition) is 1. The Bertz CT molecular complexity index is 692. The van der Waals surface area contributed by atoms with Crippen LogP contribution in [0.2, 0.25) is 0 Å². The zero-order valence-corrected chi connectivity index (χ0v) is 11.1. The molecule has 1 aromatic heterocycles. The molecular formula is C13H9F3N2O4. The van der Waals surface area contributed by atoms with Gasteiger partial charge in [0.15, 0.2) is 5.69 Å². The van der Waals surface area contributed by atoms with Crippen LogP contribution in [0, 0.1) is 0 Å². The van der Waals surface area contributed by atoms with Gasteiger partial charge in [-0.25, -0.2) is 0 Å². The van der Waals surface area contributed by atoms with Crippen LogP contribution in [0.1, 0.15) is 23.0 Å². The lowest BCUT2D eigenvalue weighted by Gasteiger charge is -2.03. The van der Waals surface area contributed by atoms with Gasteiger partial charge in [-0.2, -0.15) is 18.2 Å². The fraction of sp³-hybridized carbons (Fsp3) is 0.154. The maximum Gasteiger partial charge on any atom is 0.436 e. The molecule has 1 aromatic carbocycles. The number of aromatic nitrogens is 1. The Hall–Kier alpha value is -2.84. The van der Waals surface area contributed by atoms with E-state index in [2.05, 4.69) is 14.7 Å². The van der Waals surface area contributed by atoms with Gasteiger partial charge in [0.25, 0.3) is 5.91 Å². The van der Waals surface area contributed by atoms with E-state index in [0.29, 0.717) is 6.26 Å². The third-order valence-corrected chi connectivity index (χ3v) is 2.39. The number of amides is 1. The van der Waals surface area contributed by atoms with E-state index < -0.39 is 29.8 Å². The van der Waals surface area contributed by atoms with E-state index in [4.69, 9.17) is 4.74 Å². The summed E-state index contributed by atoms with van der Waals surface area (Å²) in [6.45, 7) is 1.22. The van der Waals surface area contributed by atoms with Crippen LogP contribution in [0.4, 0.5) is 19.2 Å². The van der Waals surface area contributed by atoms with Crippen LogP contribution in [0.25, 0.3) is 0 Å². The first-order chi connectivity index (χ1) is 10.3. The topological polar surface area (TPSA) is 81.4 Å². The minimum absolute atomic E-state index is 0.127. The van der Waals surface area contributed by atoms with Gasteiger partial charge >= 0.3 is 18.2 Å². The molecule has 0 aliphatic carbocycles. The molecule has 6 nitrogen and oxygen atoms in total. The van der Waals surface area contributed by atoms with E-state index in [0.717, 1.165) is 0 Å². The van der Waals surface area contributed by atoms with Crippen molar-refractivity contribution < 1.29 is 31.9 Å². The summed E-state index contributed by atoms with van der Waals surface area (Å²) in [5, 5.41) is 2.09. The Labute approximate surface area is 121 Å². The van der Waals surface area contributed by atoms with Crippen LogP contribution in [0.15, 0.2) is 34.9 Å². The number of carbonyl (C=O) groups excluding carboxylic acids is 2. The fourth-order valence-corrected chi connectivity index (χ4v) is 1.47. The number of alkyl halides is 3. The molecule has 2 rings (SSSR count). The number of oxazole rings is 1. The minimum Gasteiger partial charge on any atom is -0.431 e. The van der Waals surface area contributed by atoms with Crippen molar-refractivity contribution in [2.24, 2.45) is 0 Å². The van der Waals surface area contributed by atoms with E-state index in [-0.39, 0.29) is 11.3 Å². The highest BCUT2D eigenvalue weighted by Gasteiger charge is 2.35. The molecule has 22 heavy (non-hydrogen) atoms. The predicted molar refractivity (Wildman–Crippen MR) is 67.2 cm³/mol. The van der Waals surface area contributed by atoms with Crippen molar-refractivity contribution in [3.63, 3.8) is 0 Å². The molecular weight excluding hydrogens is 305 g/mol. The van der Waals surface area contributed by atoms with Gasteiger partial charge in [0.2, 0.25) is 0 Å². The van der Waals surface area contributed by atoms with Crippen molar-refractivity contribution in [1.82, 2.24) is 4.98 Å². The molecule has 0 aliphatic rings. The molecule has 0 aliphatic heterocycles. The van der Waals surface area contributed by atoms with Gasteiger partial charge < -0.3 is 9.15 Å². The smallest absolute Gasteiger partial charge is 0.431 e. The maximum absolute atomic E-state index is 12.3. The van der Waals surface area contributed by atoms with E-state index >= 15 is 0 Å². The maximum atomic E-state index is 12.3. The lowest BCUT2D eigenvalue weighted by atomic mass is 10.2. The van der Waals surface area contributed by atoms with E-state index in [1.54, 1.807) is 0 Å². The number of carbonyl (C=O) groups is 2. The molecule has 0 atom stereocenters. The van der Waals surface area contributed by atoms with Crippen molar-refractivity contribution in [1.29, 1.82) is 0 Å². The normalized spacial score (nSPS) is 11.1. The summed E-state index contributed by atoms with van der Waals surface area (Å²) in [5.41, 5.74) is -1.12. The number of ether oxygens (including phenoxy) is 1. The number of anilines is 1. The van der Waals surface area contributed by atoms with Crippen molar-refractivity contribution in [2.45, 2.75) is 13.1 Å². The summed E-state index contributed by atoms with van der Waals surface area (Å²) < 4.78 is 46.3. The first-order valence-electron chi connectivity index (χ1n) is 5.88. The molecule has 0 saturated heterocycles. The van der Waals surface area contributed by atoms with Gasteiger partial charge in [-0.15, -0.1) is 0 Å². The van der Waals surface area contributed by atoms with Crippen LogP contribution >= 0.6 is 0 Å². The van der Waals surface area contributed by atoms with Crippen LogP contribution in [0.5, 0.6) is 5.75 Å². The van der Waals surface area contributed by atoms with Gasteiger partial charge in [0, 0.05) is 12.5 Å². The molecule has 0 unspecified atom stereocenters. The van der Waals surface area contributed by atoms with Crippen LogP contribution in [-0.4, -0.2) is 16.9 Å². The summed E-state index contributed by atoms with van der Waals surface area (Å²) in [5.74, 6) is -0.999. The second kappa shape index (κ2) is 5.88. The predicted octanol–water partition coefficient (Wildman–Crippen LogP) is 2.87. The van der Waals surface area contributed by atoms with Crippen molar-refractivity contribution in [3.8, 4) is 5.75 Å².